The quantitative estimate of drug-likeness (QED) is 0.163. The minimum atomic E-state index is -1.51. The second-order valence-electron chi connectivity index (χ2n) is 6.54. The number of rotatable bonds is 15. The molecule has 4 amide bonds. The maximum atomic E-state index is 12.7. The summed E-state index contributed by atoms with van der Waals surface area (Å²) >= 11 is 2.92. The highest BCUT2D eigenvalue weighted by Gasteiger charge is 2.30. The molecule has 0 aromatic carbocycles. The van der Waals surface area contributed by atoms with Crippen LogP contribution in [0, 0.1) is 0 Å². The summed E-state index contributed by atoms with van der Waals surface area (Å²) in [6, 6.07) is -4.27. The molecule has 0 aromatic rings. The van der Waals surface area contributed by atoms with Crippen LogP contribution in [0.25, 0.3) is 0 Å². The Labute approximate surface area is 184 Å². The van der Waals surface area contributed by atoms with Crippen molar-refractivity contribution in [3.8, 4) is 0 Å². The number of amides is 4. The van der Waals surface area contributed by atoms with E-state index in [1.165, 1.54) is 30.4 Å². The van der Waals surface area contributed by atoms with Crippen molar-refractivity contribution >= 4 is 53.1 Å². The summed E-state index contributed by atoms with van der Waals surface area (Å²) in [6.45, 7) is 1.48. The smallest absolute Gasteiger partial charge is 0.326 e. The van der Waals surface area contributed by atoms with E-state index in [-0.39, 0.29) is 6.42 Å². The lowest BCUT2D eigenvalue weighted by Crippen LogP contribution is -2.57. The Bertz CT molecular complexity index is 619. The van der Waals surface area contributed by atoms with Gasteiger partial charge in [-0.05, 0) is 43.8 Å². The van der Waals surface area contributed by atoms with Gasteiger partial charge >= 0.3 is 5.97 Å². The Balaban J connectivity index is 5.34. The highest BCUT2D eigenvalue weighted by molar-refractivity contribution is 7.98. The fraction of sp³-hybridized carbons (Fsp3) is 0.706. The number of nitrogens with one attached hydrogen (secondary N) is 3. The van der Waals surface area contributed by atoms with Crippen LogP contribution in [-0.4, -0.2) is 82.9 Å². The lowest BCUT2D eigenvalue weighted by molar-refractivity contribution is -0.143. The Hall–Kier alpha value is -1.99. The van der Waals surface area contributed by atoms with E-state index in [1.807, 2.05) is 12.5 Å². The second-order valence-corrected chi connectivity index (χ2v) is 8.52. The predicted octanol–water partition coefficient (Wildman–Crippen LogP) is -1.75. The van der Waals surface area contributed by atoms with E-state index in [0.717, 1.165) is 0 Å². The van der Waals surface area contributed by atoms with Crippen molar-refractivity contribution in [2.45, 2.75) is 50.4 Å². The molecule has 8 N–H and O–H groups in total. The summed E-state index contributed by atoms with van der Waals surface area (Å²) in [5, 5.41) is 16.5. The maximum Gasteiger partial charge on any atom is 0.326 e. The summed E-state index contributed by atoms with van der Waals surface area (Å²) in [7, 11) is 0. The average Bonchev–Trinajstić information content (AvgIpc) is 2.66. The molecule has 0 fully saturated rings. The molecule has 13 heteroatoms. The third kappa shape index (κ3) is 11.3. The van der Waals surface area contributed by atoms with Gasteiger partial charge in [-0.25, -0.2) is 4.79 Å². The second kappa shape index (κ2) is 14.9. The molecule has 0 rings (SSSR count). The molecule has 0 aliphatic heterocycles. The van der Waals surface area contributed by atoms with Gasteiger partial charge in [-0.1, -0.05) is 0 Å². The van der Waals surface area contributed by atoms with Crippen molar-refractivity contribution in [1.29, 1.82) is 0 Å². The molecular formula is C17H31N5O6S2. The SMILES string of the molecule is CSCCC(NC(=O)C(C)N)C(=O)NC(CCSC)C(=O)NC(CC(N)=O)C(=O)O. The third-order valence-electron chi connectivity index (χ3n) is 3.92. The first kappa shape index (κ1) is 28.0. The minimum Gasteiger partial charge on any atom is -0.480 e. The molecule has 172 valence electrons. The first-order valence-corrected chi connectivity index (χ1v) is 12.0. The highest BCUT2D eigenvalue weighted by atomic mass is 32.2. The van der Waals surface area contributed by atoms with Gasteiger partial charge in [0.05, 0.1) is 12.5 Å². The van der Waals surface area contributed by atoms with Crippen molar-refractivity contribution < 1.29 is 29.1 Å². The molecule has 0 radical (unpaired) electrons. The van der Waals surface area contributed by atoms with E-state index in [2.05, 4.69) is 16.0 Å². The van der Waals surface area contributed by atoms with Gasteiger partial charge in [0.2, 0.25) is 23.6 Å². The molecule has 0 aromatic heterocycles. The van der Waals surface area contributed by atoms with Crippen LogP contribution in [0.2, 0.25) is 0 Å². The number of aliphatic carboxylic acids is 1. The Morgan fingerprint density at radius 1 is 0.833 bits per heavy atom. The van der Waals surface area contributed by atoms with Crippen LogP contribution < -0.4 is 27.4 Å². The van der Waals surface area contributed by atoms with E-state index in [0.29, 0.717) is 17.9 Å². The van der Waals surface area contributed by atoms with Gasteiger partial charge in [-0.2, -0.15) is 23.5 Å². The molecule has 0 saturated heterocycles. The maximum absolute atomic E-state index is 12.7. The summed E-state index contributed by atoms with van der Waals surface area (Å²) < 4.78 is 0. The summed E-state index contributed by atoms with van der Waals surface area (Å²) in [6.07, 6.45) is 3.63. The van der Waals surface area contributed by atoms with E-state index < -0.39 is 60.2 Å². The summed E-state index contributed by atoms with van der Waals surface area (Å²) in [5.41, 5.74) is 10.6. The minimum absolute atomic E-state index is 0.220. The third-order valence-corrected chi connectivity index (χ3v) is 5.21. The monoisotopic (exact) mass is 465 g/mol. The molecule has 4 unspecified atom stereocenters. The van der Waals surface area contributed by atoms with Crippen molar-refractivity contribution in [2.24, 2.45) is 11.5 Å². The fourth-order valence-corrected chi connectivity index (χ4v) is 3.20. The molecule has 0 saturated carbocycles. The zero-order valence-corrected chi connectivity index (χ0v) is 18.9. The highest BCUT2D eigenvalue weighted by Crippen LogP contribution is 2.06. The van der Waals surface area contributed by atoms with Gasteiger partial charge in [0, 0.05) is 0 Å². The topological polar surface area (TPSA) is 194 Å². The molecule has 0 spiro atoms. The molecule has 0 bridgehead atoms. The Kier molecular flexibility index (Phi) is 13.9. The van der Waals surface area contributed by atoms with Gasteiger partial charge in [0.25, 0.3) is 0 Å². The van der Waals surface area contributed by atoms with Gasteiger partial charge in [-0.15, -0.1) is 0 Å². The van der Waals surface area contributed by atoms with E-state index in [1.54, 1.807) is 0 Å². The van der Waals surface area contributed by atoms with Crippen molar-refractivity contribution in [3.63, 3.8) is 0 Å². The molecule has 11 nitrogen and oxygen atoms in total. The first-order valence-electron chi connectivity index (χ1n) is 9.19. The fourth-order valence-electron chi connectivity index (χ4n) is 2.26. The van der Waals surface area contributed by atoms with E-state index in [4.69, 9.17) is 11.5 Å². The van der Waals surface area contributed by atoms with Crippen LogP contribution in [0.1, 0.15) is 26.2 Å². The van der Waals surface area contributed by atoms with E-state index in [9.17, 15) is 29.1 Å². The van der Waals surface area contributed by atoms with Crippen LogP contribution in [0.15, 0.2) is 0 Å². The zero-order valence-electron chi connectivity index (χ0n) is 17.3. The largest absolute Gasteiger partial charge is 0.480 e. The Morgan fingerprint density at radius 3 is 1.57 bits per heavy atom. The van der Waals surface area contributed by atoms with Gasteiger partial charge in [-0.3, -0.25) is 19.2 Å². The predicted molar refractivity (Wildman–Crippen MR) is 117 cm³/mol. The molecular weight excluding hydrogens is 434 g/mol. The average molecular weight is 466 g/mol. The number of thioether (sulfide) groups is 2. The number of carbonyl (C=O) groups excluding carboxylic acids is 4. The van der Waals surface area contributed by atoms with E-state index >= 15 is 0 Å². The van der Waals surface area contributed by atoms with Crippen LogP contribution in [0.3, 0.4) is 0 Å². The van der Waals surface area contributed by atoms with Crippen LogP contribution in [0.4, 0.5) is 0 Å². The standard InChI is InChI=1S/C17H31N5O6S2/c1-9(18)14(24)20-10(4-6-29-2)15(25)21-11(5-7-30-3)16(26)22-12(17(27)28)8-13(19)23/h9-12H,4-8,18H2,1-3H3,(H2,19,23)(H,20,24)(H,21,25)(H,22,26)(H,27,28). The zero-order chi connectivity index (χ0) is 23.3. The number of carboxylic acid groups (broad SMARTS) is 1. The number of carbonyl (C=O) groups is 5. The molecule has 0 aliphatic rings. The number of primary amides is 1. The molecule has 0 heterocycles. The van der Waals surface area contributed by atoms with Crippen molar-refractivity contribution in [1.82, 2.24) is 16.0 Å². The van der Waals surface area contributed by atoms with Gasteiger partial charge < -0.3 is 32.5 Å². The first-order chi connectivity index (χ1) is 14.0. The molecule has 4 atom stereocenters. The lowest BCUT2D eigenvalue weighted by atomic mass is 10.1. The summed E-state index contributed by atoms with van der Waals surface area (Å²) in [4.78, 5) is 59.5. The van der Waals surface area contributed by atoms with Crippen molar-refractivity contribution in [2.75, 3.05) is 24.0 Å². The lowest BCUT2D eigenvalue weighted by Gasteiger charge is -2.24. The van der Waals surface area contributed by atoms with Gasteiger partial charge in [0.1, 0.15) is 18.1 Å². The number of hydrogen-bond donors (Lipinski definition) is 6. The molecule has 30 heavy (non-hydrogen) atoms. The molecule has 0 aliphatic carbocycles. The normalized spacial score (nSPS) is 14.7. The summed E-state index contributed by atoms with van der Waals surface area (Å²) in [5.74, 6) is -3.06. The number of carboxylic acids is 1. The van der Waals surface area contributed by atoms with Crippen LogP contribution in [-0.2, 0) is 24.0 Å². The number of hydrogen-bond acceptors (Lipinski definition) is 8. The van der Waals surface area contributed by atoms with Crippen LogP contribution in [0.5, 0.6) is 0 Å². The van der Waals surface area contributed by atoms with Crippen molar-refractivity contribution in [3.05, 3.63) is 0 Å². The van der Waals surface area contributed by atoms with Gasteiger partial charge in [0.15, 0.2) is 0 Å². The number of nitrogens with two attached hydrogens (primary N) is 2. The van der Waals surface area contributed by atoms with Crippen LogP contribution >= 0.6 is 23.5 Å². The Morgan fingerprint density at radius 2 is 1.23 bits per heavy atom.